The van der Waals surface area contributed by atoms with Crippen LogP contribution in [0.2, 0.25) is 0 Å². The van der Waals surface area contributed by atoms with Gasteiger partial charge in [-0.2, -0.15) is 0 Å². The van der Waals surface area contributed by atoms with Crippen LogP contribution in [-0.2, 0) is 21.9 Å². The standard InChI is InChI=1S/C25H33BrN2O2S/c1-5-6-11-27-25(30)20(4)28(15-21-7-9-23(26)10-8-21)24(29)17-31-16-22-13-18(2)12-19(3)14-22/h7-10,12-14,20H,5-6,11,15-17H2,1-4H3,(H,27,30)/t20-/m0/s1. The van der Waals surface area contributed by atoms with Gasteiger partial charge in [-0.1, -0.05) is 70.7 Å². The van der Waals surface area contributed by atoms with Crippen molar-refractivity contribution in [1.82, 2.24) is 10.2 Å². The first-order chi connectivity index (χ1) is 14.8. The van der Waals surface area contributed by atoms with Gasteiger partial charge < -0.3 is 10.2 Å². The van der Waals surface area contributed by atoms with E-state index in [0.717, 1.165) is 28.6 Å². The van der Waals surface area contributed by atoms with Crippen molar-refractivity contribution in [2.75, 3.05) is 12.3 Å². The molecule has 2 amide bonds. The molecule has 0 aliphatic carbocycles. The molecule has 0 aromatic heterocycles. The van der Waals surface area contributed by atoms with E-state index in [2.05, 4.69) is 60.2 Å². The molecule has 0 aliphatic rings. The molecule has 4 nitrogen and oxygen atoms in total. The number of rotatable bonds is 11. The highest BCUT2D eigenvalue weighted by atomic mass is 79.9. The van der Waals surface area contributed by atoms with Crippen molar-refractivity contribution in [2.45, 2.75) is 58.9 Å². The van der Waals surface area contributed by atoms with Crippen molar-refractivity contribution in [3.63, 3.8) is 0 Å². The van der Waals surface area contributed by atoms with Crippen LogP contribution >= 0.6 is 27.7 Å². The Hall–Kier alpha value is -1.79. The molecule has 0 aliphatic heterocycles. The summed E-state index contributed by atoms with van der Waals surface area (Å²) < 4.78 is 0.989. The van der Waals surface area contributed by atoms with Gasteiger partial charge in [0.15, 0.2) is 0 Å². The van der Waals surface area contributed by atoms with Gasteiger partial charge in [-0.15, -0.1) is 11.8 Å². The molecule has 0 spiro atoms. The number of carbonyl (C=O) groups excluding carboxylic acids is 2. The predicted octanol–water partition coefficient (Wildman–Crippen LogP) is 5.63. The number of benzene rings is 2. The molecule has 0 fully saturated rings. The number of carbonyl (C=O) groups is 2. The monoisotopic (exact) mass is 504 g/mol. The lowest BCUT2D eigenvalue weighted by molar-refractivity contribution is -0.138. The maximum absolute atomic E-state index is 13.1. The van der Waals surface area contributed by atoms with E-state index in [1.165, 1.54) is 16.7 Å². The minimum absolute atomic E-state index is 0.0181. The molecule has 2 aromatic rings. The highest BCUT2D eigenvalue weighted by Crippen LogP contribution is 2.19. The van der Waals surface area contributed by atoms with Gasteiger partial charge in [0.1, 0.15) is 6.04 Å². The summed E-state index contributed by atoms with van der Waals surface area (Å²) in [6.45, 7) is 9.13. The molecule has 168 valence electrons. The fourth-order valence-corrected chi connectivity index (χ4v) is 4.51. The van der Waals surface area contributed by atoms with E-state index in [4.69, 9.17) is 0 Å². The molecule has 2 rings (SSSR count). The van der Waals surface area contributed by atoms with E-state index in [0.29, 0.717) is 18.8 Å². The van der Waals surface area contributed by atoms with E-state index in [1.54, 1.807) is 16.7 Å². The number of amides is 2. The molecular formula is C25H33BrN2O2S. The van der Waals surface area contributed by atoms with Crippen molar-refractivity contribution in [3.8, 4) is 0 Å². The van der Waals surface area contributed by atoms with Crippen LogP contribution in [0.15, 0.2) is 46.9 Å². The topological polar surface area (TPSA) is 49.4 Å². The van der Waals surface area contributed by atoms with Crippen LogP contribution in [0.4, 0.5) is 0 Å². The lowest BCUT2D eigenvalue weighted by Gasteiger charge is -2.29. The number of halogens is 1. The number of hydrogen-bond donors (Lipinski definition) is 1. The van der Waals surface area contributed by atoms with E-state index < -0.39 is 6.04 Å². The summed E-state index contributed by atoms with van der Waals surface area (Å²) in [5.74, 6) is 1.00. The largest absolute Gasteiger partial charge is 0.354 e. The number of nitrogens with one attached hydrogen (secondary N) is 1. The summed E-state index contributed by atoms with van der Waals surface area (Å²) in [5, 5.41) is 2.96. The molecule has 0 bridgehead atoms. The third kappa shape index (κ3) is 8.69. The van der Waals surface area contributed by atoms with Gasteiger partial charge in [-0.25, -0.2) is 0 Å². The van der Waals surface area contributed by atoms with Crippen LogP contribution in [0.1, 0.15) is 48.9 Å². The van der Waals surface area contributed by atoms with Crippen molar-refractivity contribution in [2.24, 2.45) is 0 Å². The second-order valence-corrected chi connectivity index (χ2v) is 9.86. The highest BCUT2D eigenvalue weighted by Gasteiger charge is 2.25. The average molecular weight is 506 g/mol. The summed E-state index contributed by atoms with van der Waals surface area (Å²) in [7, 11) is 0. The highest BCUT2D eigenvalue weighted by molar-refractivity contribution is 9.10. The van der Waals surface area contributed by atoms with E-state index in [-0.39, 0.29) is 11.8 Å². The number of nitrogens with zero attached hydrogens (tertiary/aromatic N) is 1. The summed E-state index contributed by atoms with van der Waals surface area (Å²) >= 11 is 5.04. The predicted molar refractivity (Wildman–Crippen MR) is 134 cm³/mol. The summed E-state index contributed by atoms with van der Waals surface area (Å²) in [6.07, 6.45) is 1.95. The zero-order valence-corrected chi connectivity index (χ0v) is 21.3. The van der Waals surface area contributed by atoms with Gasteiger partial charge in [0.2, 0.25) is 11.8 Å². The first-order valence-corrected chi connectivity index (χ1v) is 12.7. The molecule has 1 atom stereocenters. The van der Waals surface area contributed by atoms with Crippen LogP contribution in [0.25, 0.3) is 0 Å². The molecule has 0 saturated heterocycles. The van der Waals surface area contributed by atoms with Crippen LogP contribution < -0.4 is 5.32 Å². The SMILES string of the molecule is CCCCNC(=O)[C@H](C)N(Cc1ccc(Br)cc1)C(=O)CSCc1cc(C)cc(C)c1. The third-order valence-corrected chi connectivity index (χ3v) is 6.56. The fraction of sp³-hybridized carbons (Fsp3) is 0.440. The van der Waals surface area contributed by atoms with Gasteiger partial charge in [0.25, 0.3) is 0 Å². The van der Waals surface area contributed by atoms with Crippen molar-refractivity contribution in [3.05, 3.63) is 69.2 Å². The van der Waals surface area contributed by atoms with Crippen LogP contribution in [0.5, 0.6) is 0 Å². The van der Waals surface area contributed by atoms with E-state index >= 15 is 0 Å². The molecule has 31 heavy (non-hydrogen) atoms. The molecular weight excluding hydrogens is 472 g/mol. The zero-order chi connectivity index (χ0) is 22.8. The Bertz CT molecular complexity index is 850. The quantitative estimate of drug-likeness (QED) is 0.403. The molecule has 0 unspecified atom stereocenters. The molecule has 1 N–H and O–H groups in total. The van der Waals surface area contributed by atoms with Crippen molar-refractivity contribution in [1.29, 1.82) is 0 Å². The Morgan fingerprint density at radius 2 is 1.71 bits per heavy atom. The summed E-state index contributed by atoms with van der Waals surface area (Å²) in [5.41, 5.74) is 4.69. The van der Waals surface area contributed by atoms with Gasteiger partial charge in [-0.3, -0.25) is 9.59 Å². The lowest BCUT2D eigenvalue weighted by atomic mass is 10.1. The molecule has 6 heteroatoms. The van der Waals surface area contributed by atoms with Gasteiger partial charge >= 0.3 is 0 Å². The Kier molecular flexibility index (Phi) is 10.6. The Morgan fingerprint density at radius 1 is 1.06 bits per heavy atom. The minimum Gasteiger partial charge on any atom is -0.354 e. The van der Waals surface area contributed by atoms with Crippen LogP contribution in [0, 0.1) is 13.8 Å². The maximum Gasteiger partial charge on any atom is 0.242 e. The third-order valence-electron chi connectivity index (χ3n) is 5.04. The zero-order valence-electron chi connectivity index (χ0n) is 18.9. The molecule has 0 saturated carbocycles. The summed E-state index contributed by atoms with van der Waals surface area (Å²) in [6, 6.07) is 13.8. The smallest absolute Gasteiger partial charge is 0.242 e. The minimum atomic E-state index is -0.519. The Labute approximate surface area is 199 Å². The van der Waals surface area contributed by atoms with Gasteiger partial charge in [0.05, 0.1) is 5.75 Å². The van der Waals surface area contributed by atoms with Crippen LogP contribution in [-0.4, -0.2) is 35.1 Å². The first-order valence-electron chi connectivity index (χ1n) is 10.8. The second kappa shape index (κ2) is 12.9. The summed E-state index contributed by atoms with van der Waals surface area (Å²) in [4.78, 5) is 27.5. The number of hydrogen-bond acceptors (Lipinski definition) is 3. The molecule has 0 radical (unpaired) electrons. The molecule has 0 heterocycles. The van der Waals surface area contributed by atoms with E-state index in [9.17, 15) is 9.59 Å². The van der Waals surface area contributed by atoms with Crippen LogP contribution in [0.3, 0.4) is 0 Å². The van der Waals surface area contributed by atoms with Gasteiger partial charge in [0, 0.05) is 23.3 Å². The van der Waals surface area contributed by atoms with Crippen molar-refractivity contribution < 1.29 is 9.59 Å². The number of thioether (sulfide) groups is 1. The lowest BCUT2D eigenvalue weighted by Crippen LogP contribution is -2.48. The van der Waals surface area contributed by atoms with Crippen molar-refractivity contribution >= 4 is 39.5 Å². The normalized spacial score (nSPS) is 11.8. The Balaban J connectivity index is 2.05. The average Bonchev–Trinajstić information content (AvgIpc) is 2.72. The van der Waals surface area contributed by atoms with Gasteiger partial charge in [-0.05, 0) is 50.5 Å². The maximum atomic E-state index is 13.1. The number of unbranched alkanes of at least 4 members (excludes halogenated alkanes) is 1. The Morgan fingerprint density at radius 3 is 2.32 bits per heavy atom. The number of aryl methyl sites for hydroxylation is 2. The first kappa shape index (κ1) is 25.5. The van der Waals surface area contributed by atoms with E-state index in [1.807, 2.05) is 31.2 Å². The molecule has 2 aromatic carbocycles. The fourth-order valence-electron chi connectivity index (χ4n) is 3.40. The second-order valence-electron chi connectivity index (χ2n) is 7.96.